The zero-order valence-electron chi connectivity index (χ0n) is 13.3. The average Bonchev–Trinajstić information content (AvgIpc) is 3.07. The minimum absolute atomic E-state index is 0.256. The molecule has 0 spiro atoms. The molecular weight excluding hydrogens is 312 g/mol. The number of amides is 1. The molecule has 1 heterocycles. The van der Waals surface area contributed by atoms with Crippen LogP contribution in [-0.4, -0.2) is 20.1 Å². The van der Waals surface area contributed by atoms with Gasteiger partial charge in [-0.05, 0) is 29.5 Å². The van der Waals surface area contributed by atoms with Gasteiger partial charge >= 0.3 is 0 Å². The van der Waals surface area contributed by atoms with E-state index < -0.39 is 6.04 Å². The summed E-state index contributed by atoms with van der Waals surface area (Å²) < 4.78 is 10.6. The molecule has 0 saturated carbocycles. The Bertz CT molecular complexity index is 734. The van der Waals surface area contributed by atoms with E-state index in [2.05, 4.69) is 11.4 Å². The van der Waals surface area contributed by atoms with E-state index in [0.29, 0.717) is 21.9 Å². The number of nitriles is 1. The molecule has 0 aliphatic carbocycles. The Morgan fingerprint density at radius 3 is 2.74 bits per heavy atom. The van der Waals surface area contributed by atoms with Gasteiger partial charge in [0.05, 0.1) is 25.2 Å². The zero-order valence-corrected chi connectivity index (χ0v) is 14.1. The summed E-state index contributed by atoms with van der Waals surface area (Å²) in [7, 11) is 3.03. The molecule has 0 radical (unpaired) electrons. The van der Waals surface area contributed by atoms with Crippen LogP contribution in [0.15, 0.2) is 29.6 Å². The highest BCUT2D eigenvalue weighted by Gasteiger charge is 2.22. The molecule has 1 aromatic heterocycles. The number of rotatable bonds is 6. The van der Waals surface area contributed by atoms with Gasteiger partial charge in [-0.3, -0.25) is 4.79 Å². The molecular formula is C17H18N2O3S. The summed E-state index contributed by atoms with van der Waals surface area (Å²) in [5, 5.41) is 14.1. The van der Waals surface area contributed by atoms with Gasteiger partial charge in [-0.2, -0.15) is 5.26 Å². The van der Waals surface area contributed by atoms with Crippen molar-refractivity contribution < 1.29 is 14.3 Å². The first-order valence-electron chi connectivity index (χ1n) is 7.14. The highest BCUT2D eigenvalue weighted by atomic mass is 32.1. The van der Waals surface area contributed by atoms with Crippen LogP contribution in [0.1, 0.15) is 33.8 Å². The molecule has 0 aliphatic heterocycles. The van der Waals surface area contributed by atoms with Crippen molar-refractivity contribution >= 4 is 17.2 Å². The molecule has 5 nitrogen and oxygen atoms in total. The number of aryl methyl sites for hydroxylation is 1. The molecule has 0 bridgehead atoms. The highest BCUT2D eigenvalue weighted by Crippen LogP contribution is 2.34. The van der Waals surface area contributed by atoms with Crippen molar-refractivity contribution in [2.45, 2.75) is 19.4 Å². The number of carbonyl (C=O) groups is 1. The van der Waals surface area contributed by atoms with Crippen molar-refractivity contribution in [2.24, 2.45) is 0 Å². The average molecular weight is 330 g/mol. The third-order valence-electron chi connectivity index (χ3n) is 3.48. The summed E-state index contributed by atoms with van der Waals surface area (Å²) in [6, 6.07) is 8.46. The Balaban J connectivity index is 2.31. The minimum atomic E-state index is -0.820. The topological polar surface area (TPSA) is 71.4 Å². The maximum Gasteiger partial charge on any atom is 0.262 e. The molecule has 0 aliphatic rings. The number of carbonyl (C=O) groups excluding carboxylic acids is 1. The third-order valence-corrected chi connectivity index (χ3v) is 4.44. The van der Waals surface area contributed by atoms with Gasteiger partial charge in [0.25, 0.3) is 5.91 Å². The van der Waals surface area contributed by atoms with E-state index in [1.807, 2.05) is 18.4 Å². The molecule has 1 N–H and O–H groups in total. The second-order valence-corrected chi connectivity index (χ2v) is 5.66. The van der Waals surface area contributed by atoms with E-state index in [-0.39, 0.29) is 5.91 Å². The fourth-order valence-corrected chi connectivity index (χ4v) is 3.23. The van der Waals surface area contributed by atoms with Gasteiger partial charge < -0.3 is 14.8 Å². The van der Waals surface area contributed by atoms with Crippen LogP contribution in [0.4, 0.5) is 0 Å². The number of hydrogen-bond donors (Lipinski definition) is 1. The number of thiophene rings is 1. The Labute approximate surface area is 139 Å². The van der Waals surface area contributed by atoms with Crippen LogP contribution in [0.3, 0.4) is 0 Å². The van der Waals surface area contributed by atoms with E-state index in [9.17, 15) is 10.1 Å². The number of nitrogens with zero attached hydrogens (tertiary/aromatic N) is 1. The number of ether oxygens (including phenoxy) is 2. The van der Waals surface area contributed by atoms with E-state index >= 15 is 0 Å². The van der Waals surface area contributed by atoms with Crippen LogP contribution in [0.2, 0.25) is 0 Å². The van der Waals surface area contributed by atoms with Gasteiger partial charge in [0.2, 0.25) is 0 Å². The van der Waals surface area contributed by atoms with Crippen LogP contribution < -0.4 is 14.8 Å². The van der Waals surface area contributed by atoms with Gasteiger partial charge in [0, 0.05) is 5.56 Å². The molecule has 1 amide bonds. The molecule has 23 heavy (non-hydrogen) atoms. The van der Waals surface area contributed by atoms with Crippen molar-refractivity contribution in [1.82, 2.24) is 5.32 Å². The number of hydrogen-bond acceptors (Lipinski definition) is 5. The predicted molar refractivity (Wildman–Crippen MR) is 89.1 cm³/mol. The fourth-order valence-electron chi connectivity index (χ4n) is 2.33. The molecule has 0 fully saturated rings. The highest BCUT2D eigenvalue weighted by molar-refractivity contribution is 7.12. The lowest BCUT2D eigenvalue weighted by atomic mass is 10.1. The molecule has 0 saturated heterocycles. The standard InChI is InChI=1S/C17H18N2O3S/c1-4-11-8-9-23-16(11)17(20)19-13(10-18)12-6-5-7-14(21-2)15(12)22-3/h5-9,13H,4H2,1-3H3,(H,19,20)/t13-/m1/s1. The van der Waals surface area contributed by atoms with Crippen molar-refractivity contribution in [1.29, 1.82) is 5.26 Å². The quantitative estimate of drug-likeness (QED) is 0.882. The number of benzene rings is 1. The van der Waals surface area contributed by atoms with Gasteiger partial charge in [-0.15, -0.1) is 11.3 Å². The smallest absolute Gasteiger partial charge is 0.262 e. The summed E-state index contributed by atoms with van der Waals surface area (Å²) in [5.41, 5.74) is 1.54. The van der Waals surface area contributed by atoms with Gasteiger partial charge in [0.15, 0.2) is 11.5 Å². The number of methoxy groups -OCH3 is 2. The largest absolute Gasteiger partial charge is 0.493 e. The van der Waals surface area contributed by atoms with Crippen LogP contribution in [0.5, 0.6) is 11.5 Å². The van der Waals surface area contributed by atoms with Crippen LogP contribution in [0, 0.1) is 11.3 Å². The maximum absolute atomic E-state index is 12.5. The Kier molecular flexibility index (Phi) is 5.61. The second-order valence-electron chi connectivity index (χ2n) is 4.75. The summed E-state index contributed by atoms with van der Waals surface area (Å²) in [4.78, 5) is 13.1. The van der Waals surface area contributed by atoms with E-state index in [1.54, 1.807) is 18.2 Å². The summed E-state index contributed by atoms with van der Waals surface area (Å²) >= 11 is 1.37. The van der Waals surface area contributed by atoms with Crippen molar-refractivity contribution in [3.63, 3.8) is 0 Å². The first kappa shape index (κ1) is 16.8. The third kappa shape index (κ3) is 3.46. The summed E-state index contributed by atoms with van der Waals surface area (Å²) in [6.07, 6.45) is 0.770. The van der Waals surface area contributed by atoms with Gasteiger partial charge in [-0.25, -0.2) is 0 Å². The number of para-hydroxylation sites is 1. The molecule has 6 heteroatoms. The Hall–Kier alpha value is -2.52. The van der Waals surface area contributed by atoms with E-state index in [0.717, 1.165) is 12.0 Å². The minimum Gasteiger partial charge on any atom is -0.493 e. The first-order chi connectivity index (χ1) is 11.2. The predicted octanol–water partition coefficient (Wildman–Crippen LogP) is 3.32. The molecule has 120 valence electrons. The molecule has 1 atom stereocenters. The van der Waals surface area contributed by atoms with E-state index in [1.165, 1.54) is 25.6 Å². The summed E-state index contributed by atoms with van der Waals surface area (Å²) in [6.45, 7) is 1.99. The molecule has 2 rings (SSSR count). The van der Waals surface area contributed by atoms with Crippen molar-refractivity contribution in [3.05, 3.63) is 45.6 Å². The lowest BCUT2D eigenvalue weighted by Crippen LogP contribution is -2.28. The lowest BCUT2D eigenvalue weighted by Gasteiger charge is -2.17. The van der Waals surface area contributed by atoms with Crippen molar-refractivity contribution in [3.8, 4) is 17.6 Å². The molecule has 2 aromatic rings. The monoisotopic (exact) mass is 330 g/mol. The van der Waals surface area contributed by atoms with Gasteiger partial charge in [0.1, 0.15) is 6.04 Å². The van der Waals surface area contributed by atoms with Crippen LogP contribution in [-0.2, 0) is 6.42 Å². The molecule has 0 unspecified atom stereocenters. The Morgan fingerprint density at radius 2 is 2.13 bits per heavy atom. The lowest BCUT2D eigenvalue weighted by molar-refractivity contribution is 0.0948. The Morgan fingerprint density at radius 1 is 1.35 bits per heavy atom. The number of nitrogens with one attached hydrogen (secondary N) is 1. The van der Waals surface area contributed by atoms with E-state index in [4.69, 9.17) is 9.47 Å². The first-order valence-corrected chi connectivity index (χ1v) is 8.01. The SMILES string of the molecule is CCc1ccsc1C(=O)N[C@H](C#N)c1cccc(OC)c1OC. The maximum atomic E-state index is 12.5. The second kappa shape index (κ2) is 7.65. The van der Waals surface area contributed by atoms with Crippen LogP contribution >= 0.6 is 11.3 Å². The molecule has 1 aromatic carbocycles. The zero-order chi connectivity index (χ0) is 16.8. The van der Waals surface area contributed by atoms with Gasteiger partial charge in [-0.1, -0.05) is 19.1 Å². The van der Waals surface area contributed by atoms with Crippen LogP contribution in [0.25, 0.3) is 0 Å². The summed E-state index contributed by atoms with van der Waals surface area (Å²) in [5.74, 6) is 0.710. The van der Waals surface area contributed by atoms with Crippen molar-refractivity contribution in [2.75, 3.05) is 14.2 Å². The fraction of sp³-hybridized carbons (Fsp3) is 0.294. The normalized spacial score (nSPS) is 11.4.